The van der Waals surface area contributed by atoms with E-state index in [0.29, 0.717) is 23.5 Å². The summed E-state index contributed by atoms with van der Waals surface area (Å²) in [6.07, 6.45) is 3.03. The van der Waals surface area contributed by atoms with Gasteiger partial charge in [-0.15, -0.1) is 0 Å². The highest BCUT2D eigenvalue weighted by Crippen LogP contribution is 2.31. The van der Waals surface area contributed by atoms with Gasteiger partial charge in [0.2, 0.25) is 0 Å². The molecule has 2 fully saturated rings. The average Bonchev–Trinajstić information content (AvgIpc) is 2.67. The van der Waals surface area contributed by atoms with Crippen LogP contribution < -0.4 is 10.6 Å². The molecule has 0 spiro atoms. The number of ketones is 1. The predicted molar refractivity (Wildman–Crippen MR) is 71.0 cm³/mol. The van der Waals surface area contributed by atoms with Crippen LogP contribution in [-0.4, -0.2) is 31.1 Å². The van der Waals surface area contributed by atoms with E-state index in [1.54, 1.807) is 6.92 Å². The summed E-state index contributed by atoms with van der Waals surface area (Å²) in [6.45, 7) is 3.39. The van der Waals surface area contributed by atoms with Gasteiger partial charge in [-0.25, -0.2) is 0 Å². The van der Waals surface area contributed by atoms with Gasteiger partial charge in [-0.05, 0) is 38.0 Å². The van der Waals surface area contributed by atoms with Crippen molar-refractivity contribution in [2.24, 2.45) is 0 Å². The van der Waals surface area contributed by atoms with E-state index in [0.717, 1.165) is 31.6 Å². The van der Waals surface area contributed by atoms with Crippen LogP contribution in [0.2, 0.25) is 0 Å². The third kappa shape index (κ3) is 1.97. The summed E-state index contributed by atoms with van der Waals surface area (Å²) in [6, 6.07) is 5.71. The second kappa shape index (κ2) is 4.28. The standard InChI is InChI=1S/C14H18N2O2/c1-9(17)13-5-2-10(6-14(13)15)16-7-11-3-4-12(8-16)18-11/h2,5-6,11-12H,3-4,7-8,15H2,1H3. The van der Waals surface area contributed by atoms with Gasteiger partial charge in [0, 0.05) is 30.0 Å². The monoisotopic (exact) mass is 246 g/mol. The van der Waals surface area contributed by atoms with E-state index in [2.05, 4.69) is 4.90 Å². The summed E-state index contributed by atoms with van der Waals surface area (Å²) in [4.78, 5) is 13.7. The third-order valence-electron chi connectivity index (χ3n) is 3.82. The van der Waals surface area contributed by atoms with Crippen molar-refractivity contribution in [2.75, 3.05) is 23.7 Å². The summed E-state index contributed by atoms with van der Waals surface area (Å²) in [5.74, 6) is 0.0149. The van der Waals surface area contributed by atoms with Gasteiger partial charge < -0.3 is 15.4 Å². The highest BCUT2D eigenvalue weighted by Gasteiger charge is 2.33. The fourth-order valence-corrected chi connectivity index (χ4v) is 2.89. The molecule has 2 aliphatic heterocycles. The van der Waals surface area contributed by atoms with E-state index in [9.17, 15) is 4.79 Å². The zero-order chi connectivity index (χ0) is 12.7. The Balaban J connectivity index is 1.84. The molecule has 0 saturated carbocycles. The summed E-state index contributed by atoms with van der Waals surface area (Å²) in [5.41, 5.74) is 8.21. The molecule has 1 aromatic rings. The maximum atomic E-state index is 11.4. The number of carbonyl (C=O) groups is 1. The number of hydrogen-bond acceptors (Lipinski definition) is 4. The molecular formula is C14H18N2O2. The number of benzene rings is 1. The molecule has 3 rings (SSSR count). The number of nitrogens with two attached hydrogens (primary N) is 1. The Morgan fingerprint density at radius 3 is 2.56 bits per heavy atom. The number of fused-ring (bicyclic) bond motifs is 2. The molecule has 0 radical (unpaired) electrons. The number of anilines is 2. The lowest BCUT2D eigenvalue weighted by molar-refractivity contribution is 0.0305. The largest absolute Gasteiger partial charge is 0.398 e. The van der Waals surface area contributed by atoms with Crippen molar-refractivity contribution >= 4 is 17.2 Å². The summed E-state index contributed by atoms with van der Waals surface area (Å²) in [7, 11) is 0. The van der Waals surface area contributed by atoms with Gasteiger partial charge in [0.25, 0.3) is 0 Å². The molecular weight excluding hydrogens is 228 g/mol. The normalized spacial score (nSPS) is 26.4. The van der Waals surface area contributed by atoms with Gasteiger partial charge >= 0.3 is 0 Å². The van der Waals surface area contributed by atoms with Crippen LogP contribution in [0.5, 0.6) is 0 Å². The van der Waals surface area contributed by atoms with Crippen molar-refractivity contribution < 1.29 is 9.53 Å². The number of rotatable bonds is 2. The number of carbonyl (C=O) groups excluding carboxylic acids is 1. The lowest BCUT2D eigenvalue weighted by Gasteiger charge is -2.34. The van der Waals surface area contributed by atoms with E-state index in [1.165, 1.54) is 0 Å². The zero-order valence-electron chi connectivity index (χ0n) is 10.6. The lowest BCUT2D eigenvalue weighted by Crippen LogP contribution is -2.42. The molecule has 2 N–H and O–H groups in total. The van der Waals surface area contributed by atoms with Crippen LogP contribution in [0.25, 0.3) is 0 Å². The number of nitrogens with zero attached hydrogens (tertiary/aromatic N) is 1. The molecule has 2 heterocycles. The van der Waals surface area contributed by atoms with Crippen LogP contribution in [-0.2, 0) is 4.74 Å². The SMILES string of the molecule is CC(=O)c1ccc(N2CC3CCC(C2)O3)cc1N. The first kappa shape index (κ1) is 11.5. The Morgan fingerprint density at radius 2 is 2.00 bits per heavy atom. The molecule has 18 heavy (non-hydrogen) atoms. The Kier molecular flexibility index (Phi) is 2.74. The van der Waals surface area contributed by atoms with E-state index < -0.39 is 0 Å². The van der Waals surface area contributed by atoms with Crippen molar-refractivity contribution in [1.82, 2.24) is 0 Å². The number of hydrogen-bond donors (Lipinski definition) is 1. The maximum Gasteiger partial charge on any atom is 0.161 e. The number of Topliss-reactive ketones (excluding diaryl/α,β-unsaturated/α-hetero) is 1. The molecule has 4 heteroatoms. The first-order chi connectivity index (χ1) is 8.63. The van der Waals surface area contributed by atoms with Crippen molar-refractivity contribution in [1.29, 1.82) is 0 Å². The number of nitrogen functional groups attached to an aromatic ring is 1. The minimum Gasteiger partial charge on any atom is -0.398 e. The molecule has 2 unspecified atom stereocenters. The second-order valence-corrected chi connectivity index (χ2v) is 5.19. The Labute approximate surface area is 107 Å². The highest BCUT2D eigenvalue weighted by molar-refractivity contribution is 5.99. The molecule has 2 saturated heterocycles. The molecule has 0 aliphatic carbocycles. The lowest BCUT2D eigenvalue weighted by atomic mass is 10.1. The fourth-order valence-electron chi connectivity index (χ4n) is 2.89. The number of morpholine rings is 1. The molecule has 1 aromatic carbocycles. The molecule has 2 bridgehead atoms. The second-order valence-electron chi connectivity index (χ2n) is 5.19. The van der Waals surface area contributed by atoms with Crippen LogP contribution in [0.1, 0.15) is 30.1 Å². The van der Waals surface area contributed by atoms with Gasteiger partial charge in [0.15, 0.2) is 5.78 Å². The first-order valence-electron chi connectivity index (χ1n) is 6.44. The third-order valence-corrected chi connectivity index (χ3v) is 3.82. The molecule has 4 nitrogen and oxygen atoms in total. The van der Waals surface area contributed by atoms with Crippen molar-refractivity contribution in [3.8, 4) is 0 Å². The minimum atomic E-state index is 0.0149. The van der Waals surface area contributed by atoms with Gasteiger partial charge in [-0.2, -0.15) is 0 Å². The molecule has 0 aromatic heterocycles. The van der Waals surface area contributed by atoms with E-state index in [4.69, 9.17) is 10.5 Å². The Hall–Kier alpha value is -1.55. The minimum absolute atomic E-state index is 0.0149. The van der Waals surface area contributed by atoms with Crippen LogP contribution in [0.4, 0.5) is 11.4 Å². The topological polar surface area (TPSA) is 55.6 Å². The Bertz CT molecular complexity index is 475. The van der Waals surface area contributed by atoms with E-state index in [1.807, 2.05) is 18.2 Å². The molecule has 96 valence electrons. The molecule has 2 aliphatic rings. The highest BCUT2D eigenvalue weighted by atomic mass is 16.5. The van der Waals surface area contributed by atoms with Gasteiger partial charge in [-0.3, -0.25) is 4.79 Å². The maximum absolute atomic E-state index is 11.4. The van der Waals surface area contributed by atoms with Crippen LogP contribution in [0.15, 0.2) is 18.2 Å². The van der Waals surface area contributed by atoms with Gasteiger partial charge in [0.05, 0.1) is 12.2 Å². The first-order valence-corrected chi connectivity index (χ1v) is 6.44. The van der Waals surface area contributed by atoms with Crippen molar-refractivity contribution in [3.63, 3.8) is 0 Å². The van der Waals surface area contributed by atoms with Crippen LogP contribution in [0.3, 0.4) is 0 Å². The summed E-state index contributed by atoms with van der Waals surface area (Å²) < 4.78 is 5.81. The summed E-state index contributed by atoms with van der Waals surface area (Å²) in [5, 5.41) is 0. The van der Waals surface area contributed by atoms with Gasteiger partial charge in [0.1, 0.15) is 0 Å². The van der Waals surface area contributed by atoms with E-state index >= 15 is 0 Å². The Morgan fingerprint density at radius 1 is 1.33 bits per heavy atom. The molecule has 2 atom stereocenters. The van der Waals surface area contributed by atoms with Gasteiger partial charge in [-0.1, -0.05) is 0 Å². The quantitative estimate of drug-likeness (QED) is 0.639. The van der Waals surface area contributed by atoms with Crippen LogP contribution in [0, 0.1) is 0 Å². The van der Waals surface area contributed by atoms with Crippen molar-refractivity contribution in [3.05, 3.63) is 23.8 Å². The fraction of sp³-hybridized carbons (Fsp3) is 0.500. The average molecular weight is 246 g/mol. The van der Waals surface area contributed by atoms with E-state index in [-0.39, 0.29) is 5.78 Å². The summed E-state index contributed by atoms with van der Waals surface area (Å²) >= 11 is 0. The molecule has 0 amide bonds. The smallest absolute Gasteiger partial charge is 0.161 e. The zero-order valence-corrected chi connectivity index (χ0v) is 10.6. The predicted octanol–water partition coefficient (Wildman–Crippen LogP) is 1.84. The van der Waals surface area contributed by atoms with Crippen LogP contribution >= 0.6 is 0 Å². The van der Waals surface area contributed by atoms with Crippen molar-refractivity contribution in [2.45, 2.75) is 32.0 Å². The number of ether oxygens (including phenoxy) is 1.